The van der Waals surface area contributed by atoms with Crippen LogP contribution < -0.4 is 5.32 Å². The molecule has 1 atom stereocenters. The number of hydrogen-bond acceptors (Lipinski definition) is 4. The van der Waals surface area contributed by atoms with Crippen LogP contribution in [0.3, 0.4) is 0 Å². The van der Waals surface area contributed by atoms with Crippen molar-refractivity contribution in [1.82, 2.24) is 10.2 Å². The molecule has 5 nitrogen and oxygen atoms in total. The summed E-state index contributed by atoms with van der Waals surface area (Å²) in [5.74, 6) is -0.00368. The van der Waals surface area contributed by atoms with E-state index in [1.54, 1.807) is 0 Å². The molecule has 0 aromatic heterocycles. The summed E-state index contributed by atoms with van der Waals surface area (Å²) in [6.07, 6.45) is 2.03. The molecule has 0 unspecified atom stereocenters. The van der Waals surface area contributed by atoms with E-state index in [9.17, 15) is 9.59 Å². The van der Waals surface area contributed by atoms with E-state index in [4.69, 9.17) is 4.74 Å². The van der Waals surface area contributed by atoms with E-state index in [1.807, 2.05) is 32.6 Å². The standard InChI is InChI=1S/C14H26N2O3/c1-11-13(18)16(10-8-15-11)9-6-5-7-12(17)19-14(2,3)4/h11,15H,5-10H2,1-4H3/t11-/m0/s1. The number of rotatable bonds is 5. The molecule has 0 aromatic rings. The van der Waals surface area contributed by atoms with Crippen molar-refractivity contribution in [1.29, 1.82) is 0 Å². The molecule has 1 fully saturated rings. The largest absolute Gasteiger partial charge is 0.460 e. The number of nitrogens with one attached hydrogen (secondary N) is 1. The minimum Gasteiger partial charge on any atom is -0.460 e. The first-order valence-electron chi connectivity index (χ1n) is 7.03. The number of nitrogens with zero attached hydrogens (tertiary/aromatic N) is 1. The minimum atomic E-state index is -0.416. The quantitative estimate of drug-likeness (QED) is 0.604. The smallest absolute Gasteiger partial charge is 0.306 e. The summed E-state index contributed by atoms with van der Waals surface area (Å²) in [5, 5.41) is 3.13. The van der Waals surface area contributed by atoms with Gasteiger partial charge in [-0.05, 0) is 40.5 Å². The molecule has 19 heavy (non-hydrogen) atoms. The summed E-state index contributed by atoms with van der Waals surface area (Å²) in [4.78, 5) is 25.2. The number of carbonyl (C=O) groups excluding carboxylic acids is 2. The van der Waals surface area contributed by atoms with Gasteiger partial charge in [0.15, 0.2) is 0 Å². The molecule has 0 radical (unpaired) electrons. The Bertz CT molecular complexity index is 323. The molecule has 110 valence electrons. The van der Waals surface area contributed by atoms with E-state index >= 15 is 0 Å². The van der Waals surface area contributed by atoms with E-state index in [0.717, 1.165) is 32.5 Å². The monoisotopic (exact) mass is 270 g/mol. The maximum absolute atomic E-state index is 11.8. The van der Waals surface area contributed by atoms with Gasteiger partial charge in [-0.1, -0.05) is 0 Å². The Morgan fingerprint density at radius 1 is 1.42 bits per heavy atom. The Balaban J connectivity index is 2.17. The number of unbranched alkanes of at least 4 members (excludes halogenated alkanes) is 1. The van der Waals surface area contributed by atoms with E-state index in [2.05, 4.69) is 5.32 Å². The first-order chi connectivity index (χ1) is 8.79. The number of amides is 1. The third kappa shape index (κ3) is 6.05. The topological polar surface area (TPSA) is 58.6 Å². The predicted octanol–water partition coefficient (Wildman–Crippen LogP) is 1.32. The van der Waals surface area contributed by atoms with Gasteiger partial charge in [0, 0.05) is 26.1 Å². The van der Waals surface area contributed by atoms with E-state index in [0.29, 0.717) is 6.42 Å². The fourth-order valence-corrected chi connectivity index (χ4v) is 2.07. The molecular weight excluding hydrogens is 244 g/mol. The summed E-state index contributed by atoms with van der Waals surface area (Å²) >= 11 is 0. The number of ether oxygens (including phenoxy) is 1. The van der Waals surface area contributed by atoms with Crippen molar-refractivity contribution in [3.05, 3.63) is 0 Å². The van der Waals surface area contributed by atoms with Crippen molar-refractivity contribution in [2.45, 2.75) is 58.6 Å². The highest BCUT2D eigenvalue weighted by Gasteiger charge is 2.24. The van der Waals surface area contributed by atoms with Gasteiger partial charge in [-0.2, -0.15) is 0 Å². The zero-order chi connectivity index (χ0) is 14.5. The van der Waals surface area contributed by atoms with Gasteiger partial charge in [0.1, 0.15) is 5.60 Å². The SMILES string of the molecule is C[C@@H]1NCCN(CCCCC(=O)OC(C)(C)C)C1=O. The van der Waals surface area contributed by atoms with Crippen LogP contribution in [0.1, 0.15) is 47.0 Å². The number of hydrogen-bond donors (Lipinski definition) is 1. The first kappa shape index (κ1) is 16.0. The number of esters is 1. The van der Waals surface area contributed by atoms with Gasteiger partial charge < -0.3 is 15.0 Å². The second kappa shape index (κ2) is 6.89. The fraction of sp³-hybridized carbons (Fsp3) is 0.857. The molecule has 0 spiro atoms. The van der Waals surface area contributed by atoms with Crippen molar-refractivity contribution in [3.63, 3.8) is 0 Å². The Morgan fingerprint density at radius 3 is 2.74 bits per heavy atom. The van der Waals surface area contributed by atoms with Gasteiger partial charge in [-0.15, -0.1) is 0 Å². The van der Waals surface area contributed by atoms with Crippen molar-refractivity contribution in [2.75, 3.05) is 19.6 Å². The van der Waals surface area contributed by atoms with Crippen LogP contribution in [0.25, 0.3) is 0 Å². The van der Waals surface area contributed by atoms with Crippen molar-refractivity contribution in [3.8, 4) is 0 Å². The van der Waals surface area contributed by atoms with E-state index in [-0.39, 0.29) is 17.9 Å². The lowest BCUT2D eigenvalue weighted by atomic mass is 10.1. The normalized spacial score (nSPS) is 20.5. The summed E-state index contributed by atoms with van der Waals surface area (Å²) < 4.78 is 5.24. The lowest BCUT2D eigenvalue weighted by Gasteiger charge is -2.31. The average molecular weight is 270 g/mol. The van der Waals surface area contributed by atoms with Crippen LogP contribution in [0.2, 0.25) is 0 Å². The predicted molar refractivity (Wildman–Crippen MR) is 73.7 cm³/mol. The van der Waals surface area contributed by atoms with Crippen LogP contribution >= 0.6 is 0 Å². The van der Waals surface area contributed by atoms with Gasteiger partial charge >= 0.3 is 5.97 Å². The van der Waals surface area contributed by atoms with Crippen LogP contribution in [-0.2, 0) is 14.3 Å². The maximum Gasteiger partial charge on any atom is 0.306 e. The molecule has 1 aliphatic heterocycles. The zero-order valence-corrected chi connectivity index (χ0v) is 12.5. The molecule has 0 aliphatic carbocycles. The van der Waals surface area contributed by atoms with Gasteiger partial charge in [-0.3, -0.25) is 9.59 Å². The summed E-state index contributed by atoms with van der Waals surface area (Å²) in [5.41, 5.74) is -0.416. The summed E-state index contributed by atoms with van der Waals surface area (Å²) in [6, 6.07) is -0.0837. The molecule has 1 heterocycles. The minimum absolute atomic E-state index is 0.0837. The third-order valence-electron chi connectivity index (χ3n) is 2.99. The molecule has 5 heteroatoms. The van der Waals surface area contributed by atoms with Gasteiger partial charge in [0.05, 0.1) is 6.04 Å². The highest BCUT2D eigenvalue weighted by Crippen LogP contribution is 2.10. The van der Waals surface area contributed by atoms with Crippen LogP contribution in [0.15, 0.2) is 0 Å². The van der Waals surface area contributed by atoms with Crippen LogP contribution in [0.5, 0.6) is 0 Å². The molecule has 1 N–H and O–H groups in total. The summed E-state index contributed by atoms with van der Waals surface area (Å²) in [6.45, 7) is 9.82. The van der Waals surface area contributed by atoms with Crippen LogP contribution in [-0.4, -0.2) is 48.1 Å². The van der Waals surface area contributed by atoms with E-state index < -0.39 is 5.60 Å². The Morgan fingerprint density at radius 2 is 2.11 bits per heavy atom. The molecule has 1 saturated heterocycles. The fourth-order valence-electron chi connectivity index (χ4n) is 2.07. The zero-order valence-electron chi connectivity index (χ0n) is 12.5. The number of piperazine rings is 1. The molecule has 1 rings (SSSR count). The maximum atomic E-state index is 11.8. The highest BCUT2D eigenvalue weighted by molar-refractivity contribution is 5.82. The molecule has 0 saturated carbocycles. The van der Waals surface area contributed by atoms with Crippen molar-refractivity contribution >= 4 is 11.9 Å². The van der Waals surface area contributed by atoms with E-state index in [1.165, 1.54) is 0 Å². The highest BCUT2D eigenvalue weighted by atomic mass is 16.6. The Kier molecular flexibility index (Phi) is 5.79. The first-order valence-corrected chi connectivity index (χ1v) is 7.03. The van der Waals surface area contributed by atoms with Gasteiger partial charge in [0.25, 0.3) is 0 Å². The molecule has 0 bridgehead atoms. The third-order valence-corrected chi connectivity index (χ3v) is 2.99. The molecular formula is C14H26N2O3. The number of carbonyl (C=O) groups is 2. The second-order valence-corrected chi connectivity index (χ2v) is 6.04. The van der Waals surface area contributed by atoms with Crippen LogP contribution in [0.4, 0.5) is 0 Å². The van der Waals surface area contributed by atoms with Crippen LogP contribution in [0, 0.1) is 0 Å². The average Bonchev–Trinajstić information content (AvgIpc) is 2.27. The summed E-state index contributed by atoms with van der Waals surface area (Å²) in [7, 11) is 0. The van der Waals surface area contributed by atoms with Crippen molar-refractivity contribution in [2.24, 2.45) is 0 Å². The lowest BCUT2D eigenvalue weighted by Crippen LogP contribution is -2.53. The van der Waals surface area contributed by atoms with Gasteiger partial charge in [0.2, 0.25) is 5.91 Å². The Hall–Kier alpha value is -1.10. The molecule has 0 aromatic carbocycles. The molecule has 1 aliphatic rings. The molecule has 1 amide bonds. The Labute approximate surface area is 115 Å². The van der Waals surface area contributed by atoms with Gasteiger partial charge in [-0.25, -0.2) is 0 Å². The lowest BCUT2D eigenvalue weighted by molar-refractivity contribution is -0.154. The second-order valence-electron chi connectivity index (χ2n) is 6.04. The van der Waals surface area contributed by atoms with Crippen molar-refractivity contribution < 1.29 is 14.3 Å².